The Morgan fingerprint density at radius 1 is 1.37 bits per heavy atom. The summed E-state index contributed by atoms with van der Waals surface area (Å²) >= 11 is 0. The normalized spacial score (nSPS) is 26.2. The summed E-state index contributed by atoms with van der Waals surface area (Å²) in [6.07, 6.45) is 8.10. The van der Waals surface area contributed by atoms with Crippen LogP contribution in [0.4, 0.5) is 0 Å². The van der Waals surface area contributed by atoms with Crippen LogP contribution in [0.1, 0.15) is 13.8 Å². The van der Waals surface area contributed by atoms with Crippen molar-refractivity contribution in [1.82, 2.24) is 4.90 Å². The van der Waals surface area contributed by atoms with Gasteiger partial charge in [-0.3, -0.25) is 14.0 Å². The zero-order valence-corrected chi connectivity index (χ0v) is 11.9. The van der Waals surface area contributed by atoms with Crippen LogP contribution in [0.15, 0.2) is 24.3 Å². The predicted molar refractivity (Wildman–Crippen MR) is 73.2 cm³/mol. The first-order chi connectivity index (χ1) is 8.61. The lowest BCUT2D eigenvalue weighted by Gasteiger charge is -2.39. The summed E-state index contributed by atoms with van der Waals surface area (Å²) in [7, 11) is -4.67. The van der Waals surface area contributed by atoms with Gasteiger partial charge in [-0.05, 0) is 13.5 Å². The van der Waals surface area contributed by atoms with E-state index in [1.54, 1.807) is 0 Å². The maximum atomic E-state index is 8.94. The van der Waals surface area contributed by atoms with Gasteiger partial charge in [0.15, 0.2) is 0 Å². The van der Waals surface area contributed by atoms with Gasteiger partial charge in [-0.15, -0.1) is 0 Å². The fraction of sp³-hybridized carbons (Fsp3) is 0.636. The Morgan fingerprint density at radius 3 is 2.26 bits per heavy atom. The molecule has 19 heavy (non-hydrogen) atoms. The number of aliphatic hydroxyl groups excluding tert-OH is 1. The highest BCUT2D eigenvalue weighted by atomic mass is 32.3. The van der Waals surface area contributed by atoms with E-state index in [-0.39, 0.29) is 18.2 Å². The summed E-state index contributed by atoms with van der Waals surface area (Å²) in [6, 6.07) is 0.185. The van der Waals surface area contributed by atoms with E-state index in [1.165, 1.54) is 0 Å². The predicted octanol–water partition coefficient (Wildman–Crippen LogP) is -0.140. The third-order valence-electron chi connectivity index (χ3n) is 2.68. The number of hydrogen-bond acceptors (Lipinski definition) is 5. The van der Waals surface area contributed by atoms with Crippen molar-refractivity contribution in [2.24, 2.45) is 5.73 Å². The number of nitrogens with two attached hydrogens (primary N) is 1. The van der Waals surface area contributed by atoms with Gasteiger partial charge in [-0.25, -0.2) is 0 Å². The van der Waals surface area contributed by atoms with Crippen LogP contribution in [0.5, 0.6) is 0 Å². The van der Waals surface area contributed by atoms with Crippen LogP contribution in [0, 0.1) is 0 Å². The minimum absolute atomic E-state index is 0.179. The molecule has 0 saturated heterocycles. The molecule has 0 bridgehead atoms. The van der Waals surface area contributed by atoms with E-state index in [0.717, 1.165) is 6.54 Å². The van der Waals surface area contributed by atoms with Crippen LogP contribution in [-0.2, 0) is 10.4 Å². The average Bonchev–Trinajstić information content (AvgIpc) is 2.24. The summed E-state index contributed by atoms with van der Waals surface area (Å²) in [5.74, 6) is 0. The summed E-state index contributed by atoms with van der Waals surface area (Å²) in [4.78, 5) is 2.18. The van der Waals surface area contributed by atoms with Gasteiger partial charge in [0.25, 0.3) is 0 Å². The molecule has 0 aromatic heterocycles. The molecule has 0 spiro atoms. The molecule has 0 fully saturated rings. The first-order valence-corrected chi connectivity index (χ1v) is 7.21. The van der Waals surface area contributed by atoms with E-state index >= 15 is 0 Å². The maximum Gasteiger partial charge on any atom is 0.394 e. The van der Waals surface area contributed by atoms with E-state index in [4.69, 9.17) is 28.4 Å². The molecule has 0 aliphatic heterocycles. The standard InChI is InChI=1S/C11H20N2O.H2O4S/c1-3-13(8-9-14)10-6-4-5-7-11(10,2)12;1-5(2,3)4/h4-7,10,14H,3,8-9,12H2,1-2H3;(H2,1,2,3,4). The van der Waals surface area contributed by atoms with Crippen LogP contribution < -0.4 is 5.73 Å². The Morgan fingerprint density at radius 2 is 1.89 bits per heavy atom. The molecule has 0 saturated carbocycles. The number of nitrogens with zero attached hydrogens (tertiary/aromatic N) is 1. The zero-order valence-electron chi connectivity index (χ0n) is 11.1. The third kappa shape index (κ3) is 8.09. The molecule has 1 aliphatic carbocycles. The number of hydrogen-bond donors (Lipinski definition) is 4. The highest BCUT2D eigenvalue weighted by molar-refractivity contribution is 7.79. The van der Waals surface area contributed by atoms with E-state index in [1.807, 2.05) is 25.2 Å². The monoisotopic (exact) mass is 294 g/mol. The third-order valence-corrected chi connectivity index (χ3v) is 2.68. The van der Waals surface area contributed by atoms with E-state index in [0.29, 0.717) is 6.54 Å². The van der Waals surface area contributed by atoms with Gasteiger partial charge in [0.1, 0.15) is 0 Å². The quantitative estimate of drug-likeness (QED) is 0.532. The molecular formula is C11H22N2O5S. The lowest BCUT2D eigenvalue weighted by atomic mass is 9.88. The van der Waals surface area contributed by atoms with E-state index < -0.39 is 10.4 Å². The molecule has 0 aromatic carbocycles. The molecule has 2 unspecified atom stereocenters. The lowest BCUT2D eigenvalue weighted by molar-refractivity contribution is 0.149. The second-order valence-corrected chi connectivity index (χ2v) is 5.25. The number of likely N-dealkylation sites (N-methyl/N-ethyl adjacent to an activating group) is 1. The van der Waals surface area contributed by atoms with Gasteiger partial charge >= 0.3 is 10.4 Å². The molecule has 1 rings (SSSR count). The second-order valence-electron chi connectivity index (χ2n) is 4.35. The Kier molecular flexibility index (Phi) is 7.42. The van der Waals surface area contributed by atoms with Gasteiger partial charge in [0.05, 0.1) is 12.1 Å². The molecule has 7 nitrogen and oxygen atoms in total. The molecule has 1 aliphatic rings. The molecular weight excluding hydrogens is 272 g/mol. The Balaban J connectivity index is 0.000000555. The fourth-order valence-electron chi connectivity index (χ4n) is 1.88. The van der Waals surface area contributed by atoms with Crippen LogP contribution in [0.25, 0.3) is 0 Å². The van der Waals surface area contributed by atoms with Crippen molar-refractivity contribution in [1.29, 1.82) is 0 Å². The van der Waals surface area contributed by atoms with Gasteiger partial charge < -0.3 is 10.8 Å². The average molecular weight is 294 g/mol. The van der Waals surface area contributed by atoms with Gasteiger partial charge in [-0.1, -0.05) is 31.2 Å². The van der Waals surface area contributed by atoms with Crippen LogP contribution in [0.3, 0.4) is 0 Å². The van der Waals surface area contributed by atoms with Gasteiger partial charge in [0.2, 0.25) is 0 Å². The zero-order chi connectivity index (χ0) is 15.1. The highest BCUT2D eigenvalue weighted by Crippen LogP contribution is 2.19. The number of aliphatic hydroxyl groups is 1. The van der Waals surface area contributed by atoms with Crippen LogP contribution in [0.2, 0.25) is 0 Å². The first-order valence-electron chi connectivity index (χ1n) is 5.81. The Labute approximate surface area is 114 Å². The van der Waals surface area contributed by atoms with Crippen molar-refractivity contribution in [3.05, 3.63) is 24.3 Å². The van der Waals surface area contributed by atoms with Crippen molar-refractivity contribution in [3.8, 4) is 0 Å². The molecule has 112 valence electrons. The molecule has 0 heterocycles. The van der Waals surface area contributed by atoms with Crippen molar-refractivity contribution in [2.45, 2.75) is 25.4 Å². The minimum Gasteiger partial charge on any atom is -0.395 e. The second kappa shape index (κ2) is 7.73. The largest absolute Gasteiger partial charge is 0.395 e. The molecule has 0 aromatic rings. The first kappa shape index (κ1) is 18.2. The summed E-state index contributed by atoms with van der Waals surface area (Å²) < 4.78 is 31.6. The van der Waals surface area contributed by atoms with E-state index in [9.17, 15) is 0 Å². The molecule has 5 N–H and O–H groups in total. The smallest absolute Gasteiger partial charge is 0.394 e. The van der Waals surface area contributed by atoms with Crippen molar-refractivity contribution in [3.63, 3.8) is 0 Å². The topological polar surface area (TPSA) is 124 Å². The Hall–Kier alpha value is -0.770. The van der Waals surface area contributed by atoms with Gasteiger partial charge in [-0.2, -0.15) is 8.42 Å². The SMILES string of the molecule is CCN(CCO)C1C=CC=CC1(C)N.O=S(=O)(O)O. The van der Waals surface area contributed by atoms with Gasteiger partial charge in [0, 0.05) is 12.6 Å². The van der Waals surface area contributed by atoms with E-state index in [2.05, 4.69) is 17.9 Å². The summed E-state index contributed by atoms with van der Waals surface area (Å²) in [6.45, 7) is 5.84. The Bertz CT molecular complexity index is 409. The fourth-order valence-corrected chi connectivity index (χ4v) is 1.88. The van der Waals surface area contributed by atoms with Crippen molar-refractivity contribution < 1.29 is 22.6 Å². The summed E-state index contributed by atoms with van der Waals surface area (Å²) in [5, 5.41) is 8.94. The lowest BCUT2D eigenvalue weighted by Crippen LogP contribution is -2.55. The number of allylic oxidation sites excluding steroid dienone is 2. The molecule has 0 amide bonds. The molecule has 8 heteroatoms. The number of rotatable bonds is 4. The van der Waals surface area contributed by atoms with Crippen molar-refractivity contribution in [2.75, 3.05) is 19.7 Å². The maximum absolute atomic E-state index is 8.94. The van der Waals surface area contributed by atoms with Crippen LogP contribution >= 0.6 is 0 Å². The molecule has 0 radical (unpaired) electrons. The van der Waals surface area contributed by atoms with Crippen molar-refractivity contribution >= 4 is 10.4 Å². The summed E-state index contributed by atoms with van der Waals surface area (Å²) in [5.41, 5.74) is 5.83. The molecule has 2 atom stereocenters. The van der Waals surface area contributed by atoms with Crippen LogP contribution in [-0.4, -0.2) is 58.8 Å². The highest BCUT2D eigenvalue weighted by Gasteiger charge is 2.30. The minimum atomic E-state index is -4.67.